The summed E-state index contributed by atoms with van der Waals surface area (Å²) in [6.45, 7) is 2.03. The number of aromatic nitrogens is 2. The summed E-state index contributed by atoms with van der Waals surface area (Å²) in [6.07, 6.45) is 2.42. The Balaban J connectivity index is 1.74. The second kappa shape index (κ2) is 7.48. The molecule has 1 aliphatic rings. The normalized spacial score (nSPS) is 16.5. The topological polar surface area (TPSA) is 67.2 Å². The molecule has 2 aromatic carbocycles. The lowest BCUT2D eigenvalue weighted by Crippen LogP contribution is -2.30. The number of benzene rings is 2. The van der Waals surface area contributed by atoms with Gasteiger partial charge < -0.3 is 5.32 Å². The zero-order valence-electron chi connectivity index (χ0n) is 15.3. The van der Waals surface area contributed by atoms with Gasteiger partial charge in [0.1, 0.15) is 6.04 Å². The fourth-order valence-corrected chi connectivity index (χ4v) is 3.39. The molecule has 28 heavy (non-hydrogen) atoms. The molecule has 6 nitrogen and oxygen atoms in total. The van der Waals surface area contributed by atoms with Crippen molar-refractivity contribution < 1.29 is 9.59 Å². The highest BCUT2D eigenvalue weighted by molar-refractivity contribution is 6.30. The van der Waals surface area contributed by atoms with E-state index in [1.54, 1.807) is 16.8 Å². The van der Waals surface area contributed by atoms with Gasteiger partial charge in [-0.25, -0.2) is 9.48 Å². The maximum Gasteiger partial charge on any atom is 0.325 e. The third-order valence-electron chi connectivity index (χ3n) is 4.77. The van der Waals surface area contributed by atoms with Crippen LogP contribution in [0.2, 0.25) is 5.02 Å². The van der Waals surface area contributed by atoms with E-state index in [0.717, 1.165) is 16.8 Å². The Morgan fingerprint density at radius 2 is 1.79 bits per heavy atom. The number of imide groups is 1. The predicted molar refractivity (Wildman–Crippen MR) is 107 cm³/mol. The largest absolute Gasteiger partial charge is 0.326 e. The van der Waals surface area contributed by atoms with Gasteiger partial charge in [-0.2, -0.15) is 5.10 Å². The quantitative estimate of drug-likeness (QED) is 0.664. The van der Waals surface area contributed by atoms with Gasteiger partial charge in [-0.3, -0.25) is 9.69 Å². The van der Waals surface area contributed by atoms with Gasteiger partial charge in [0.25, 0.3) is 5.91 Å². The third kappa shape index (κ3) is 3.39. The smallest absolute Gasteiger partial charge is 0.325 e. The van der Waals surface area contributed by atoms with Crippen molar-refractivity contribution >= 4 is 23.5 Å². The summed E-state index contributed by atoms with van der Waals surface area (Å²) in [7, 11) is 0. The first-order valence-corrected chi connectivity index (χ1v) is 9.46. The summed E-state index contributed by atoms with van der Waals surface area (Å²) >= 11 is 6.02. The van der Waals surface area contributed by atoms with E-state index in [4.69, 9.17) is 16.7 Å². The van der Waals surface area contributed by atoms with Gasteiger partial charge in [0.2, 0.25) is 0 Å². The first-order chi connectivity index (χ1) is 13.6. The fourth-order valence-electron chi connectivity index (χ4n) is 3.26. The zero-order chi connectivity index (χ0) is 19.7. The molecule has 1 saturated heterocycles. The van der Waals surface area contributed by atoms with Crippen LogP contribution in [0.5, 0.6) is 0 Å². The number of nitrogens with one attached hydrogen (secondary N) is 1. The molecular formula is C21H19ClN4O2. The van der Waals surface area contributed by atoms with Crippen LogP contribution in [0.1, 0.15) is 18.9 Å². The molecule has 0 radical (unpaired) electrons. The number of carbonyl (C=O) groups is 2. The van der Waals surface area contributed by atoms with Gasteiger partial charge >= 0.3 is 6.03 Å². The van der Waals surface area contributed by atoms with Crippen LogP contribution in [-0.4, -0.2) is 32.7 Å². The molecule has 1 atom stereocenters. The van der Waals surface area contributed by atoms with Crippen molar-refractivity contribution in [1.29, 1.82) is 0 Å². The van der Waals surface area contributed by atoms with Gasteiger partial charge in [-0.05, 0) is 30.7 Å². The van der Waals surface area contributed by atoms with E-state index in [1.165, 1.54) is 4.90 Å². The van der Waals surface area contributed by atoms with Gasteiger partial charge in [-0.1, -0.05) is 48.9 Å². The molecule has 2 heterocycles. The predicted octanol–water partition coefficient (Wildman–Crippen LogP) is 4.02. The first kappa shape index (κ1) is 18.3. The van der Waals surface area contributed by atoms with Crippen molar-refractivity contribution in [1.82, 2.24) is 20.0 Å². The summed E-state index contributed by atoms with van der Waals surface area (Å²) in [5.41, 5.74) is 3.26. The number of urea groups is 1. The van der Waals surface area contributed by atoms with Crippen LogP contribution in [-0.2, 0) is 11.3 Å². The van der Waals surface area contributed by atoms with Gasteiger partial charge in [0, 0.05) is 22.3 Å². The summed E-state index contributed by atoms with van der Waals surface area (Å²) in [4.78, 5) is 26.0. The molecular weight excluding hydrogens is 376 g/mol. The van der Waals surface area contributed by atoms with Crippen molar-refractivity contribution in [2.24, 2.45) is 0 Å². The number of amides is 3. The van der Waals surface area contributed by atoms with E-state index in [2.05, 4.69) is 5.32 Å². The highest BCUT2D eigenvalue weighted by Crippen LogP contribution is 2.27. The molecule has 3 amide bonds. The molecule has 0 aliphatic carbocycles. The summed E-state index contributed by atoms with van der Waals surface area (Å²) in [5, 5.41) is 8.07. The molecule has 142 valence electrons. The number of nitrogens with zero attached hydrogens (tertiary/aromatic N) is 3. The second-order valence-electron chi connectivity index (χ2n) is 6.62. The Bertz CT molecular complexity index is 1010. The average Bonchev–Trinajstić information content (AvgIpc) is 3.25. The monoisotopic (exact) mass is 394 g/mol. The number of rotatable bonds is 5. The number of halogens is 1. The summed E-state index contributed by atoms with van der Waals surface area (Å²) in [5.74, 6) is -0.206. The summed E-state index contributed by atoms with van der Waals surface area (Å²) in [6, 6.07) is 16.2. The second-order valence-corrected chi connectivity index (χ2v) is 7.06. The van der Waals surface area contributed by atoms with Crippen LogP contribution >= 0.6 is 11.6 Å². The molecule has 4 rings (SSSR count). The van der Waals surface area contributed by atoms with E-state index in [0.29, 0.717) is 17.1 Å². The highest BCUT2D eigenvalue weighted by Gasteiger charge is 2.37. The minimum atomic E-state index is -0.462. The standard InChI is InChI=1S/C21H19ClN4O2/c1-2-18-20(27)25(21(28)23-18)12-15-13-26(17-6-4-3-5-7-17)24-19(15)14-8-10-16(22)11-9-14/h3-11,13,18H,2,12H2,1H3,(H,23,28)/t18-/m0/s1. The Morgan fingerprint density at radius 3 is 2.43 bits per heavy atom. The van der Waals surface area contributed by atoms with Gasteiger partial charge in [-0.15, -0.1) is 0 Å². The lowest BCUT2D eigenvalue weighted by atomic mass is 10.1. The number of hydrogen-bond acceptors (Lipinski definition) is 3. The van der Waals surface area contributed by atoms with Crippen LogP contribution in [0.15, 0.2) is 60.8 Å². The minimum Gasteiger partial charge on any atom is -0.326 e. The molecule has 0 spiro atoms. The summed E-state index contributed by atoms with van der Waals surface area (Å²) < 4.78 is 1.76. The molecule has 1 aromatic heterocycles. The van der Waals surface area contributed by atoms with E-state index in [9.17, 15) is 9.59 Å². The van der Waals surface area contributed by atoms with Crippen LogP contribution in [0.3, 0.4) is 0 Å². The Morgan fingerprint density at radius 1 is 1.07 bits per heavy atom. The van der Waals surface area contributed by atoms with E-state index < -0.39 is 6.04 Å². The SMILES string of the molecule is CC[C@@H]1NC(=O)N(Cc2cn(-c3ccccc3)nc2-c2ccc(Cl)cc2)C1=O. The average molecular weight is 395 g/mol. The van der Waals surface area contributed by atoms with E-state index in [-0.39, 0.29) is 18.5 Å². The maximum atomic E-state index is 12.5. The molecule has 7 heteroatoms. The third-order valence-corrected chi connectivity index (χ3v) is 5.02. The number of para-hydroxylation sites is 1. The zero-order valence-corrected chi connectivity index (χ0v) is 16.1. The molecule has 0 bridgehead atoms. The van der Waals surface area contributed by atoms with E-state index in [1.807, 2.05) is 55.6 Å². The Hall–Kier alpha value is -3.12. The van der Waals surface area contributed by atoms with Crippen molar-refractivity contribution in [2.75, 3.05) is 0 Å². The molecule has 1 aliphatic heterocycles. The fraction of sp³-hybridized carbons (Fsp3) is 0.190. The minimum absolute atomic E-state index is 0.159. The van der Waals surface area contributed by atoms with E-state index >= 15 is 0 Å². The lowest BCUT2D eigenvalue weighted by molar-refractivity contribution is -0.127. The number of hydrogen-bond donors (Lipinski definition) is 1. The lowest BCUT2D eigenvalue weighted by Gasteiger charge is -2.12. The van der Waals surface area contributed by atoms with Crippen LogP contribution in [0.4, 0.5) is 4.79 Å². The molecule has 0 saturated carbocycles. The number of carbonyl (C=O) groups excluding carboxylic acids is 2. The molecule has 3 aromatic rings. The van der Waals surface area contributed by atoms with Crippen molar-refractivity contribution in [3.8, 4) is 16.9 Å². The van der Waals surface area contributed by atoms with Crippen LogP contribution < -0.4 is 5.32 Å². The van der Waals surface area contributed by atoms with Crippen LogP contribution in [0, 0.1) is 0 Å². The first-order valence-electron chi connectivity index (χ1n) is 9.08. The Labute approximate surface area is 167 Å². The molecule has 1 N–H and O–H groups in total. The van der Waals surface area contributed by atoms with Crippen molar-refractivity contribution in [3.63, 3.8) is 0 Å². The highest BCUT2D eigenvalue weighted by atomic mass is 35.5. The Kier molecular flexibility index (Phi) is 4.88. The molecule has 1 fully saturated rings. The van der Waals surface area contributed by atoms with Crippen molar-refractivity contribution in [3.05, 3.63) is 71.4 Å². The van der Waals surface area contributed by atoms with Crippen LogP contribution in [0.25, 0.3) is 16.9 Å². The van der Waals surface area contributed by atoms with Gasteiger partial charge in [0.15, 0.2) is 0 Å². The maximum absolute atomic E-state index is 12.5. The van der Waals surface area contributed by atoms with Crippen molar-refractivity contribution in [2.45, 2.75) is 25.9 Å². The molecule has 0 unspecified atom stereocenters. The van der Waals surface area contributed by atoms with Gasteiger partial charge in [0.05, 0.1) is 17.9 Å².